The van der Waals surface area contributed by atoms with E-state index in [1.807, 2.05) is 13.2 Å². The summed E-state index contributed by atoms with van der Waals surface area (Å²) in [6.45, 7) is 12.2. The molecule has 7 heteroatoms. The maximum atomic E-state index is 5.48. The van der Waals surface area contributed by atoms with E-state index in [0.29, 0.717) is 12.0 Å². The van der Waals surface area contributed by atoms with E-state index >= 15 is 0 Å². The van der Waals surface area contributed by atoms with E-state index in [-0.39, 0.29) is 0 Å². The normalized spacial score (nSPS) is 17.7. The maximum absolute atomic E-state index is 5.48. The molecular weight excluding hydrogens is 334 g/mol. The largest absolute Gasteiger partial charge is 0.379 e. The van der Waals surface area contributed by atoms with Gasteiger partial charge in [0.25, 0.3) is 0 Å². The highest BCUT2D eigenvalue weighted by Crippen LogP contribution is 2.13. The lowest BCUT2D eigenvalue weighted by Gasteiger charge is -2.37. The molecule has 0 spiro atoms. The highest BCUT2D eigenvalue weighted by atomic mass is 32.1. The van der Waals surface area contributed by atoms with Crippen molar-refractivity contribution < 1.29 is 4.74 Å². The van der Waals surface area contributed by atoms with Gasteiger partial charge in [0, 0.05) is 56.8 Å². The number of hydrogen-bond acceptors (Lipinski definition) is 5. The molecule has 0 saturated carbocycles. The van der Waals surface area contributed by atoms with Crippen molar-refractivity contribution in [2.45, 2.75) is 39.7 Å². The number of aliphatic imine (C=N–C) groups is 1. The molecule has 1 aliphatic heterocycles. The topological polar surface area (TPSA) is 61.8 Å². The molecule has 1 fully saturated rings. The Morgan fingerprint density at radius 2 is 2.12 bits per heavy atom. The average Bonchev–Trinajstić information content (AvgIpc) is 3.09. The number of rotatable bonds is 8. The van der Waals surface area contributed by atoms with Crippen molar-refractivity contribution in [2.24, 2.45) is 10.9 Å². The fourth-order valence-corrected chi connectivity index (χ4v) is 3.89. The molecule has 0 amide bonds. The Labute approximate surface area is 156 Å². The smallest absolute Gasteiger partial charge is 0.191 e. The predicted molar refractivity (Wildman–Crippen MR) is 106 cm³/mol. The van der Waals surface area contributed by atoms with E-state index in [4.69, 9.17) is 4.74 Å². The van der Waals surface area contributed by atoms with Crippen LogP contribution in [0.15, 0.2) is 11.2 Å². The second kappa shape index (κ2) is 10.7. The Hall–Kier alpha value is -1.18. The van der Waals surface area contributed by atoms with E-state index in [0.717, 1.165) is 58.2 Å². The van der Waals surface area contributed by atoms with Gasteiger partial charge in [0.2, 0.25) is 0 Å². The molecule has 2 rings (SSSR count). The number of guanidine groups is 1. The van der Waals surface area contributed by atoms with E-state index in [1.54, 1.807) is 11.3 Å². The first-order valence-corrected chi connectivity index (χ1v) is 10.2. The number of ether oxygens (including phenoxy) is 1. The lowest BCUT2D eigenvalue weighted by molar-refractivity contribution is 0.00752. The second-order valence-corrected chi connectivity index (χ2v) is 7.86. The summed E-state index contributed by atoms with van der Waals surface area (Å²) in [5.41, 5.74) is 0. The zero-order valence-corrected chi connectivity index (χ0v) is 16.9. The Morgan fingerprint density at radius 3 is 2.72 bits per heavy atom. The van der Waals surface area contributed by atoms with Crippen molar-refractivity contribution in [3.8, 4) is 0 Å². The van der Waals surface area contributed by atoms with E-state index < -0.39 is 0 Å². The summed E-state index contributed by atoms with van der Waals surface area (Å²) in [5, 5.41) is 8.08. The van der Waals surface area contributed by atoms with Crippen molar-refractivity contribution in [3.05, 3.63) is 16.1 Å². The van der Waals surface area contributed by atoms with Gasteiger partial charge in [0.05, 0.1) is 18.2 Å². The molecule has 0 aromatic carbocycles. The van der Waals surface area contributed by atoms with Crippen molar-refractivity contribution in [3.63, 3.8) is 0 Å². The fourth-order valence-electron chi connectivity index (χ4n) is 3.03. The molecule has 2 N–H and O–H groups in total. The molecule has 1 aromatic rings. The number of nitrogens with one attached hydrogen (secondary N) is 2. The van der Waals surface area contributed by atoms with Crippen LogP contribution in [0.2, 0.25) is 0 Å². The Balaban J connectivity index is 1.75. The number of aryl methyl sites for hydroxylation is 1. The Morgan fingerprint density at radius 1 is 1.36 bits per heavy atom. The van der Waals surface area contributed by atoms with Crippen LogP contribution in [0.5, 0.6) is 0 Å². The number of aromatic nitrogens is 1. The summed E-state index contributed by atoms with van der Waals surface area (Å²) >= 11 is 1.80. The van der Waals surface area contributed by atoms with Crippen LogP contribution in [-0.2, 0) is 17.6 Å². The SMILES string of the molecule is CCc1cnc(CCNC(=NC)NCC(C(C)C)N2CCOCC2)s1. The molecule has 2 heterocycles. The van der Waals surface area contributed by atoms with Crippen LogP contribution in [0, 0.1) is 5.92 Å². The van der Waals surface area contributed by atoms with Gasteiger partial charge >= 0.3 is 0 Å². The van der Waals surface area contributed by atoms with Crippen LogP contribution in [0.1, 0.15) is 30.7 Å². The third kappa shape index (κ3) is 6.56. The Bertz CT molecular complexity index is 525. The number of hydrogen-bond donors (Lipinski definition) is 2. The molecule has 1 atom stereocenters. The van der Waals surface area contributed by atoms with Gasteiger partial charge in [-0.2, -0.15) is 0 Å². The average molecular weight is 368 g/mol. The van der Waals surface area contributed by atoms with Crippen LogP contribution in [-0.4, -0.2) is 68.3 Å². The first-order valence-electron chi connectivity index (χ1n) is 9.34. The monoisotopic (exact) mass is 367 g/mol. The standard InChI is InChI=1S/C18H33N5OS/c1-5-15-12-21-17(25-15)6-7-20-18(19-4)22-13-16(14(2)3)23-8-10-24-11-9-23/h12,14,16H,5-11,13H2,1-4H3,(H2,19,20,22). The zero-order chi connectivity index (χ0) is 18.1. The zero-order valence-electron chi connectivity index (χ0n) is 16.0. The molecule has 1 aromatic heterocycles. The molecular formula is C18H33N5OS. The molecule has 0 radical (unpaired) electrons. The van der Waals surface area contributed by atoms with Crippen molar-refractivity contribution >= 4 is 17.3 Å². The van der Waals surface area contributed by atoms with Crippen molar-refractivity contribution in [2.75, 3.05) is 46.4 Å². The van der Waals surface area contributed by atoms with Gasteiger partial charge in [-0.1, -0.05) is 20.8 Å². The third-order valence-corrected chi connectivity index (χ3v) is 5.77. The second-order valence-electron chi connectivity index (χ2n) is 6.66. The summed E-state index contributed by atoms with van der Waals surface area (Å²) in [5.74, 6) is 1.46. The third-order valence-electron chi connectivity index (χ3n) is 4.57. The lowest BCUT2D eigenvalue weighted by Crippen LogP contribution is -2.52. The summed E-state index contributed by atoms with van der Waals surface area (Å²) in [7, 11) is 1.83. The van der Waals surface area contributed by atoms with Crippen molar-refractivity contribution in [1.29, 1.82) is 0 Å². The van der Waals surface area contributed by atoms with Crippen LogP contribution in [0.25, 0.3) is 0 Å². The highest BCUT2D eigenvalue weighted by molar-refractivity contribution is 7.11. The van der Waals surface area contributed by atoms with E-state index in [1.165, 1.54) is 9.88 Å². The van der Waals surface area contributed by atoms with Gasteiger partial charge in [-0.3, -0.25) is 9.89 Å². The molecule has 1 saturated heterocycles. The number of thiazole rings is 1. The minimum Gasteiger partial charge on any atom is -0.379 e. The van der Waals surface area contributed by atoms with Gasteiger partial charge in [0.15, 0.2) is 5.96 Å². The fraction of sp³-hybridized carbons (Fsp3) is 0.778. The number of morpholine rings is 1. The summed E-state index contributed by atoms with van der Waals surface area (Å²) < 4.78 is 5.48. The molecule has 0 aliphatic carbocycles. The minimum atomic E-state index is 0.494. The van der Waals surface area contributed by atoms with Gasteiger partial charge in [-0.05, 0) is 12.3 Å². The Kier molecular flexibility index (Phi) is 8.64. The summed E-state index contributed by atoms with van der Waals surface area (Å²) in [6, 6.07) is 0.494. The quantitative estimate of drug-likeness (QED) is 0.542. The number of nitrogens with zero attached hydrogens (tertiary/aromatic N) is 3. The van der Waals surface area contributed by atoms with E-state index in [9.17, 15) is 0 Å². The molecule has 1 aliphatic rings. The van der Waals surface area contributed by atoms with Gasteiger partial charge < -0.3 is 15.4 Å². The van der Waals surface area contributed by atoms with Gasteiger partial charge in [-0.25, -0.2) is 4.98 Å². The first kappa shape index (κ1) is 20.1. The van der Waals surface area contributed by atoms with Gasteiger partial charge in [-0.15, -0.1) is 11.3 Å². The highest BCUT2D eigenvalue weighted by Gasteiger charge is 2.23. The van der Waals surface area contributed by atoms with Crippen molar-refractivity contribution in [1.82, 2.24) is 20.5 Å². The van der Waals surface area contributed by atoms with Crippen LogP contribution in [0.4, 0.5) is 0 Å². The summed E-state index contributed by atoms with van der Waals surface area (Å²) in [6.07, 6.45) is 3.98. The van der Waals surface area contributed by atoms with Gasteiger partial charge in [0.1, 0.15) is 0 Å². The molecule has 25 heavy (non-hydrogen) atoms. The lowest BCUT2D eigenvalue weighted by atomic mass is 10.0. The summed E-state index contributed by atoms with van der Waals surface area (Å²) in [4.78, 5) is 12.7. The first-order chi connectivity index (χ1) is 12.1. The molecule has 1 unspecified atom stereocenters. The van der Waals surface area contributed by atoms with E-state index in [2.05, 4.69) is 46.3 Å². The molecule has 142 valence electrons. The molecule has 0 bridgehead atoms. The van der Waals surface area contributed by atoms with Crippen LogP contribution >= 0.6 is 11.3 Å². The molecule has 6 nitrogen and oxygen atoms in total. The van der Waals surface area contributed by atoms with Crippen LogP contribution in [0.3, 0.4) is 0 Å². The van der Waals surface area contributed by atoms with Crippen LogP contribution < -0.4 is 10.6 Å². The maximum Gasteiger partial charge on any atom is 0.191 e. The minimum absolute atomic E-state index is 0.494. The predicted octanol–water partition coefficient (Wildman–Crippen LogP) is 1.77.